The van der Waals surface area contributed by atoms with Crippen LogP contribution in [0.25, 0.3) is 22.2 Å². The Hall–Kier alpha value is -2.87. The van der Waals surface area contributed by atoms with E-state index in [1.165, 1.54) is 11.5 Å². The standard InChI is InChI=1S/C21H25N5O2S/c1-3-19(27)24-15-5-4-8-26(12-15)21-20-17(25-29-21)9-14(11-23-20)13-6-7-16(22)18(10-13)28-2/h6-7,9-11,15H,3-5,8,12,22H2,1-2H3,(H,24,27). The first-order valence-corrected chi connectivity index (χ1v) is 10.6. The minimum atomic E-state index is 0.104. The van der Waals surface area contributed by atoms with Crippen LogP contribution in [0.1, 0.15) is 26.2 Å². The molecule has 1 saturated heterocycles. The quantitative estimate of drug-likeness (QED) is 0.625. The van der Waals surface area contributed by atoms with Gasteiger partial charge in [-0.05, 0) is 48.1 Å². The van der Waals surface area contributed by atoms with Crippen LogP contribution >= 0.6 is 11.5 Å². The zero-order valence-electron chi connectivity index (χ0n) is 16.6. The number of pyridine rings is 1. The number of methoxy groups -OCH3 is 1. The molecule has 2 aromatic heterocycles. The number of benzene rings is 1. The lowest BCUT2D eigenvalue weighted by atomic mass is 10.1. The molecule has 3 aromatic rings. The van der Waals surface area contributed by atoms with Gasteiger partial charge in [-0.15, -0.1) is 0 Å². The van der Waals surface area contributed by atoms with Gasteiger partial charge in [0.25, 0.3) is 0 Å². The summed E-state index contributed by atoms with van der Waals surface area (Å²) < 4.78 is 9.96. The van der Waals surface area contributed by atoms with E-state index >= 15 is 0 Å². The van der Waals surface area contributed by atoms with Crippen molar-refractivity contribution in [3.05, 3.63) is 30.5 Å². The lowest BCUT2D eigenvalue weighted by Crippen LogP contribution is -2.47. The molecule has 1 aromatic carbocycles. The van der Waals surface area contributed by atoms with Crippen molar-refractivity contribution in [1.82, 2.24) is 14.7 Å². The van der Waals surface area contributed by atoms with Crippen LogP contribution in [0.15, 0.2) is 30.5 Å². The lowest BCUT2D eigenvalue weighted by Gasteiger charge is -2.33. The molecule has 29 heavy (non-hydrogen) atoms. The number of hydrogen-bond acceptors (Lipinski definition) is 7. The van der Waals surface area contributed by atoms with Crippen LogP contribution in [0.5, 0.6) is 5.75 Å². The van der Waals surface area contributed by atoms with Gasteiger partial charge in [0.1, 0.15) is 21.8 Å². The molecule has 0 radical (unpaired) electrons. The van der Waals surface area contributed by atoms with Gasteiger partial charge in [-0.25, -0.2) is 0 Å². The zero-order valence-corrected chi connectivity index (χ0v) is 17.5. The van der Waals surface area contributed by atoms with Gasteiger partial charge in [-0.1, -0.05) is 13.0 Å². The summed E-state index contributed by atoms with van der Waals surface area (Å²) in [5, 5.41) is 4.18. The second kappa shape index (κ2) is 8.24. The minimum absolute atomic E-state index is 0.104. The highest BCUT2D eigenvalue weighted by atomic mass is 32.1. The Balaban J connectivity index is 1.59. The van der Waals surface area contributed by atoms with Crippen LogP contribution in [0.3, 0.4) is 0 Å². The Morgan fingerprint density at radius 1 is 1.38 bits per heavy atom. The molecule has 1 aliphatic heterocycles. The molecule has 8 heteroatoms. The highest BCUT2D eigenvalue weighted by Gasteiger charge is 2.24. The van der Waals surface area contributed by atoms with Crippen LogP contribution in [-0.2, 0) is 4.79 Å². The van der Waals surface area contributed by atoms with Crippen molar-refractivity contribution in [2.75, 3.05) is 30.8 Å². The zero-order chi connectivity index (χ0) is 20.4. The van der Waals surface area contributed by atoms with Gasteiger partial charge in [0.2, 0.25) is 5.91 Å². The van der Waals surface area contributed by atoms with E-state index in [0.29, 0.717) is 17.9 Å². The molecule has 1 aliphatic rings. The first-order chi connectivity index (χ1) is 14.1. The molecule has 4 rings (SSSR count). The summed E-state index contributed by atoms with van der Waals surface area (Å²) in [7, 11) is 1.61. The number of nitrogens with one attached hydrogen (secondary N) is 1. The average Bonchev–Trinajstić information content (AvgIpc) is 3.17. The normalized spacial score (nSPS) is 16.8. The highest BCUT2D eigenvalue weighted by Crippen LogP contribution is 2.35. The van der Waals surface area contributed by atoms with E-state index in [0.717, 1.165) is 53.1 Å². The van der Waals surface area contributed by atoms with Crippen molar-refractivity contribution in [2.45, 2.75) is 32.2 Å². The molecule has 0 bridgehead atoms. The van der Waals surface area contributed by atoms with E-state index in [1.807, 2.05) is 37.4 Å². The van der Waals surface area contributed by atoms with E-state index in [4.69, 9.17) is 15.5 Å². The second-order valence-corrected chi connectivity index (χ2v) is 7.99. The molecule has 1 atom stereocenters. The molecule has 1 amide bonds. The van der Waals surface area contributed by atoms with E-state index in [1.54, 1.807) is 7.11 Å². The minimum Gasteiger partial charge on any atom is -0.495 e. The lowest BCUT2D eigenvalue weighted by molar-refractivity contribution is -0.121. The van der Waals surface area contributed by atoms with Gasteiger partial charge in [0, 0.05) is 37.3 Å². The number of ether oxygens (including phenoxy) is 1. The second-order valence-electron chi connectivity index (χ2n) is 7.24. The first kappa shape index (κ1) is 19.4. The number of nitrogens with zero attached hydrogens (tertiary/aromatic N) is 3. The maximum Gasteiger partial charge on any atom is 0.219 e. The van der Waals surface area contributed by atoms with E-state index in [-0.39, 0.29) is 11.9 Å². The van der Waals surface area contributed by atoms with Crippen LogP contribution in [-0.4, -0.2) is 41.5 Å². The summed E-state index contributed by atoms with van der Waals surface area (Å²) in [5.41, 5.74) is 10.3. The van der Waals surface area contributed by atoms with Gasteiger partial charge in [-0.2, -0.15) is 4.37 Å². The van der Waals surface area contributed by atoms with Gasteiger partial charge in [-0.3, -0.25) is 9.78 Å². The molecule has 1 fully saturated rings. The fourth-order valence-electron chi connectivity index (χ4n) is 3.69. The molecule has 152 valence electrons. The molecule has 0 saturated carbocycles. The van der Waals surface area contributed by atoms with Crippen LogP contribution < -0.4 is 20.7 Å². The number of carbonyl (C=O) groups is 1. The number of rotatable bonds is 5. The van der Waals surface area contributed by atoms with E-state index in [9.17, 15) is 4.79 Å². The number of carbonyl (C=O) groups excluding carboxylic acids is 1. The van der Waals surface area contributed by atoms with Gasteiger partial charge in [0.15, 0.2) is 0 Å². The van der Waals surface area contributed by atoms with Gasteiger partial charge < -0.3 is 20.7 Å². The maximum absolute atomic E-state index is 11.8. The molecule has 7 nitrogen and oxygen atoms in total. The monoisotopic (exact) mass is 411 g/mol. The topological polar surface area (TPSA) is 93.4 Å². The van der Waals surface area contributed by atoms with Crippen molar-refractivity contribution in [2.24, 2.45) is 0 Å². The van der Waals surface area contributed by atoms with Crippen LogP contribution in [0, 0.1) is 0 Å². The third kappa shape index (κ3) is 3.98. The Morgan fingerprint density at radius 2 is 2.24 bits per heavy atom. The molecular formula is C21H25N5O2S. The number of nitrogen functional groups attached to an aromatic ring is 1. The summed E-state index contributed by atoms with van der Waals surface area (Å²) in [4.78, 5) is 18.8. The maximum atomic E-state index is 11.8. The molecule has 0 spiro atoms. The Labute approximate surface area is 174 Å². The third-order valence-corrected chi connectivity index (χ3v) is 6.17. The Bertz CT molecular complexity index is 1040. The predicted molar refractivity (Wildman–Crippen MR) is 117 cm³/mol. The summed E-state index contributed by atoms with van der Waals surface area (Å²) in [6.45, 7) is 3.63. The highest BCUT2D eigenvalue weighted by molar-refractivity contribution is 7.11. The van der Waals surface area contributed by atoms with Crippen molar-refractivity contribution in [3.63, 3.8) is 0 Å². The fourth-order valence-corrected chi connectivity index (χ4v) is 4.54. The van der Waals surface area contributed by atoms with E-state index in [2.05, 4.69) is 14.6 Å². The van der Waals surface area contributed by atoms with Gasteiger partial charge in [0.05, 0.1) is 12.8 Å². The number of anilines is 2. The Morgan fingerprint density at radius 3 is 3.03 bits per heavy atom. The third-order valence-electron chi connectivity index (χ3n) is 5.26. The smallest absolute Gasteiger partial charge is 0.219 e. The molecule has 3 heterocycles. The van der Waals surface area contributed by atoms with Crippen molar-refractivity contribution < 1.29 is 9.53 Å². The largest absolute Gasteiger partial charge is 0.495 e. The van der Waals surface area contributed by atoms with Crippen LogP contribution in [0.4, 0.5) is 10.7 Å². The number of fused-ring (bicyclic) bond motifs is 1. The van der Waals surface area contributed by atoms with Crippen molar-refractivity contribution >= 4 is 39.2 Å². The van der Waals surface area contributed by atoms with E-state index < -0.39 is 0 Å². The fraction of sp³-hybridized carbons (Fsp3) is 0.381. The summed E-state index contributed by atoms with van der Waals surface area (Å²) in [5.74, 6) is 0.753. The Kier molecular flexibility index (Phi) is 5.53. The van der Waals surface area contributed by atoms with Crippen LogP contribution in [0.2, 0.25) is 0 Å². The first-order valence-electron chi connectivity index (χ1n) is 9.82. The molecule has 3 N–H and O–H groups in total. The summed E-state index contributed by atoms with van der Waals surface area (Å²) >= 11 is 1.47. The molecular weight excluding hydrogens is 386 g/mol. The number of aromatic nitrogens is 2. The predicted octanol–water partition coefficient (Wildman–Crippen LogP) is 3.44. The number of piperidine rings is 1. The summed E-state index contributed by atoms with van der Waals surface area (Å²) in [6, 6.07) is 7.93. The molecule has 0 aliphatic carbocycles. The van der Waals surface area contributed by atoms with Crippen molar-refractivity contribution in [3.8, 4) is 16.9 Å². The van der Waals surface area contributed by atoms with Gasteiger partial charge >= 0.3 is 0 Å². The number of amides is 1. The SMILES string of the molecule is CCC(=O)NC1CCCN(c2snc3cc(-c4ccc(N)c(OC)c4)cnc23)C1. The average molecular weight is 412 g/mol. The number of nitrogens with two attached hydrogens (primary N) is 1. The van der Waals surface area contributed by atoms with Crippen molar-refractivity contribution in [1.29, 1.82) is 0 Å². The number of hydrogen-bond donors (Lipinski definition) is 2. The summed E-state index contributed by atoms with van der Waals surface area (Å²) in [6.07, 6.45) is 4.43. The molecule has 1 unspecified atom stereocenters.